The summed E-state index contributed by atoms with van der Waals surface area (Å²) in [6, 6.07) is 23.9. The lowest BCUT2D eigenvalue weighted by Crippen LogP contribution is -2.24. The molecule has 0 aliphatic rings. The Labute approximate surface area is 153 Å². The highest BCUT2D eigenvalue weighted by molar-refractivity contribution is 9.10. The molecule has 0 bridgehead atoms. The second kappa shape index (κ2) is 6.57. The molecule has 0 spiro atoms. The van der Waals surface area contributed by atoms with Crippen LogP contribution in [0, 0.1) is 27.7 Å². The van der Waals surface area contributed by atoms with Crippen LogP contribution in [0.5, 0.6) is 0 Å². The van der Waals surface area contributed by atoms with Crippen LogP contribution in [0.15, 0.2) is 66.7 Å². The van der Waals surface area contributed by atoms with Crippen molar-refractivity contribution in [3.8, 4) is 0 Å². The third kappa shape index (κ3) is 2.71. The first-order chi connectivity index (χ1) is 11.5. The number of aryl methyl sites for hydroxylation is 2. The van der Waals surface area contributed by atoms with Gasteiger partial charge in [-0.15, -0.1) is 0 Å². The first kappa shape index (κ1) is 17.0. The van der Waals surface area contributed by atoms with E-state index < -0.39 is 0 Å². The molecule has 3 aromatic carbocycles. The van der Waals surface area contributed by atoms with Gasteiger partial charge in [-0.05, 0) is 66.6 Å². The fraction of sp³-hybridized carbons (Fsp3) is 0.217. The number of benzene rings is 3. The van der Waals surface area contributed by atoms with E-state index in [4.69, 9.17) is 0 Å². The summed E-state index contributed by atoms with van der Waals surface area (Å²) < 4.78 is -0.347. The Morgan fingerprint density at radius 3 is 1.50 bits per heavy atom. The van der Waals surface area contributed by atoms with Gasteiger partial charge in [0.05, 0.1) is 0 Å². The van der Waals surface area contributed by atoms with Gasteiger partial charge in [-0.3, -0.25) is 0 Å². The average Bonchev–Trinajstić information content (AvgIpc) is 2.60. The van der Waals surface area contributed by atoms with Crippen LogP contribution in [0.3, 0.4) is 0 Å². The Balaban J connectivity index is 2.38. The Bertz CT molecular complexity index is 811. The summed E-state index contributed by atoms with van der Waals surface area (Å²) in [5.41, 5.74) is 9.17. The van der Waals surface area contributed by atoms with Crippen molar-refractivity contribution in [1.82, 2.24) is 0 Å². The summed E-state index contributed by atoms with van der Waals surface area (Å²) in [7, 11) is 0. The monoisotopic (exact) mass is 378 g/mol. The van der Waals surface area contributed by atoms with Gasteiger partial charge in [0, 0.05) is 0 Å². The van der Waals surface area contributed by atoms with Gasteiger partial charge < -0.3 is 0 Å². The molecule has 0 radical (unpaired) electrons. The number of hydrogen-bond acceptors (Lipinski definition) is 0. The van der Waals surface area contributed by atoms with E-state index in [-0.39, 0.29) is 4.32 Å². The van der Waals surface area contributed by atoms with Crippen LogP contribution in [0.4, 0.5) is 0 Å². The summed E-state index contributed by atoms with van der Waals surface area (Å²) in [5, 5.41) is 0. The van der Waals surface area contributed by atoms with Gasteiger partial charge in [-0.25, -0.2) is 0 Å². The second-order valence-electron chi connectivity index (χ2n) is 6.52. The van der Waals surface area contributed by atoms with Gasteiger partial charge in [-0.2, -0.15) is 0 Å². The smallest absolute Gasteiger partial charge is 0.0695 e. The SMILES string of the molecule is Cc1cccc(C(Br)(c2ccccc2)c2cccc(C)c2C)c1C. The van der Waals surface area contributed by atoms with E-state index in [0.717, 1.165) is 0 Å². The first-order valence-electron chi connectivity index (χ1n) is 8.34. The lowest BCUT2D eigenvalue weighted by atomic mass is 9.79. The van der Waals surface area contributed by atoms with Crippen molar-refractivity contribution in [2.45, 2.75) is 32.0 Å². The van der Waals surface area contributed by atoms with Crippen LogP contribution >= 0.6 is 15.9 Å². The maximum Gasteiger partial charge on any atom is 0.101 e. The molecule has 0 N–H and O–H groups in total. The van der Waals surface area contributed by atoms with Gasteiger partial charge in [-0.1, -0.05) is 82.7 Å². The topological polar surface area (TPSA) is 0 Å². The molecule has 3 aromatic rings. The molecule has 0 aromatic heterocycles. The van der Waals surface area contributed by atoms with E-state index in [1.54, 1.807) is 0 Å². The molecule has 24 heavy (non-hydrogen) atoms. The average molecular weight is 379 g/mol. The largest absolute Gasteiger partial charge is 0.101 e. The summed E-state index contributed by atoms with van der Waals surface area (Å²) in [6.07, 6.45) is 0. The molecule has 0 aliphatic heterocycles. The number of hydrogen-bond donors (Lipinski definition) is 0. The lowest BCUT2D eigenvalue weighted by molar-refractivity contribution is 0.886. The minimum absolute atomic E-state index is 0.347. The predicted molar refractivity (Wildman–Crippen MR) is 107 cm³/mol. The van der Waals surface area contributed by atoms with E-state index in [9.17, 15) is 0 Å². The van der Waals surface area contributed by atoms with Crippen molar-refractivity contribution in [3.05, 3.63) is 106 Å². The van der Waals surface area contributed by atoms with Crippen molar-refractivity contribution >= 4 is 15.9 Å². The zero-order valence-electron chi connectivity index (χ0n) is 14.7. The molecular formula is C23H23Br. The molecule has 0 aliphatic carbocycles. The van der Waals surface area contributed by atoms with Gasteiger partial charge in [0.25, 0.3) is 0 Å². The van der Waals surface area contributed by atoms with Crippen molar-refractivity contribution in [2.24, 2.45) is 0 Å². The Morgan fingerprint density at radius 2 is 1.04 bits per heavy atom. The van der Waals surface area contributed by atoms with Crippen molar-refractivity contribution < 1.29 is 0 Å². The maximum atomic E-state index is 4.18. The molecule has 0 unspecified atom stereocenters. The van der Waals surface area contributed by atoms with Crippen LogP contribution in [0.25, 0.3) is 0 Å². The van der Waals surface area contributed by atoms with E-state index in [2.05, 4.69) is 110 Å². The first-order valence-corrected chi connectivity index (χ1v) is 9.13. The molecule has 0 saturated heterocycles. The fourth-order valence-electron chi connectivity index (χ4n) is 3.37. The van der Waals surface area contributed by atoms with Crippen LogP contribution in [0.2, 0.25) is 0 Å². The summed E-state index contributed by atoms with van der Waals surface area (Å²) in [4.78, 5) is 0. The molecule has 0 fully saturated rings. The van der Waals surface area contributed by atoms with Crippen LogP contribution < -0.4 is 0 Å². The minimum atomic E-state index is -0.347. The van der Waals surface area contributed by atoms with Gasteiger partial charge >= 0.3 is 0 Å². The normalized spacial score (nSPS) is 11.5. The van der Waals surface area contributed by atoms with Crippen LogP contribution in [-0.4, -0.2) is 0 Å². The quantitative estimate of drug-likeness (QED) is 0.355. The Morgan fingerprint density at radius 1 is 0.583 bits per heavy atom. The highest BCUT2D eigenvalue weighted by Crippen LogP contribution is 2.47. The number of alkyl halides is 1. The van der Waals surface area contributed by atoms with Crippen molar-refractivity contribution in [1.29, 1.82) is 0 Å². The molecule has 0 amide bonds. The molecule has 0 heterocycles. The molecule has 3 rings (SSSR count). The van der Waals surface area contributed by atoms with E-state index in [0.29, 0.717) is 0 Å². The summed E-state index contributed by atoms with van der Waals surface area (Å²) in [6.45, 7) is 8.80. The number of rotatable bonds is 3. The minimum Gasteiger partial charge on any atom is -0.0695 e. The number of halogens is 1. The van der Waals surface area contributed by atoms with E-state index in [1.165, 1.54) is 38.9 Å². The van der Waals surface area contributed by atoms with E-state index in [1.807, 2.05) is 0 Å². The fourth-order valence-corrected chi connectivity index (χ4v) is 4.50. The maximum absolute atomic E-state index is 4.18. The molecule has 122 valence electrons. The molecule has 0 saturated carbocycles. The zero-order valence-corrected chi connectivity index (χ0v) is 16.3. The predicted octanol–water partition coefficient (Wildman–Crippen LogP) is 6.61. The molecule has 0 atom stereocenters. The van der Waals surface area contributed by atoms with Gasteiger partial charge in [0.2, 0.25) is 0 Å². The Kier molecular flexibility index (Phi) is 4.64. The van der Waals surface area contributed by atoms with E-state index >= 15 is 0 Å². The van der Waals surface area contributed by atoms with Crippen molar-refractivity contribution in [2.75, 3.05) is 0 Å². The molecule has 1 heteroatoms. The highest BCUT2D eigenvalue weighted by atomic mass is 79.9. The summed E-state index contributed by atoms with van der Waals surface area (Å²) >= 11 is 4.18. The third-order valence-electron chi connectivity index (χ3n) is 5.12. The van der Waals surface area contributed by atoms with Gasteiger partial charge in [0.1, 0.15) is 4.32 Å². The summed E-state index contributed by atoms with van der Waals surface area (Å²) in [5.74, 6) is 0. The molecular weight excluding hydrogens is 356 g/mol. The third-order valence-corrected chi connectivity index (χ3v) is 6.44. The van der Waals surface area contributed by atoms with Crippen LogP contribution in [0.1, 0.15) is 38.9 Å². The molecule has 0 nitrogen and oxygen atoms in total. The Hall–Kier alpha value is -1.86. The van der Waals surface area contributed by atoms with Crippen LogP contribution in [-0.2, 0) is 4.32 Å². The van der Waals surface area contributed by atoms with Crippen molar-refractivity contribution in [3.63, 3.8) is 0 Å². The lowest BCUT2D eigenvalue weighted by Gasteiger charge is -2.33. The zero-order chi connectivity index (χ0) is 17.3. The second-order valence-corrected chi connectivity index (χ2v) is 7.71. The standard InChI is InChI=1S/C23H23Br/c1-16-10-8-14-21(18(16)3)23(24,20-12-6-5-7-13-20)22-15-9-11-17(2)19(22)4/h5-15H,1-4H3. The highest BCUT2D eigenvalue weighted by Gasteiger charge is 2.36. The van der Waals surface area contributed by atoms with Gasteiger partial charge in [0.15, 0.2) is 0 Å².